The summed E-state index contributed by atoms with van der Waals surface area (Å²) in [5.41, 5.74) is -0.856. The lowest BCUT2D eigenvalue weighted by Gasteiger charge is -1.80. The Morgan fingerprint density at radius 1 is 1.67 bits per heavy atom. The highest BCUT2D eigenvalue weighted by Crippen LogP contribution is 1.83. The van der Waals surface area contributed by atoms with Crippen molar-refractivity contribution in [2.24, 2.45) is 0 Å². The molecule has 0 N–H and O–H groups in total. The number of rotatable bonds is 1. The molecule has 0 saturated heterocycles. The first kappa shape index (κ1) is 11.8. The smallest absolute Gasteiger partial charge is 0.408 e. The molecule has 0 radical (unpaired) electrons. The summed E-state index contributed by atoms with van der Waals surface area (Å²) in [7, 11) is 0. The van der Waals surface area contributed by atoms with E-state index in [0.29, 0.717) is 0 Å². The molecule has 0 aromatic carbocycles. The van der Waals surface area contributed by atoms with Crippen LogP contribution in [0.3, 0.4) is 0 Å². The third-order valence-electron chi connectivity index (χ3n) is 0.176. The van der Waals surface area contributed by atoms with Crippen LogP contribution in [0, 0.1) is 0 Å². The minimum Gasteiger partial charge on any atom is -0.423 e. The van der Waals surface area contributed by atoms with Gasteiger partial charge in [-0.05, 0) is 0 Å². The number of alkyl halides is 2. The van der Waals surface area contributed by atoms with Gasteiger partial charge in [-0.3, -0.25) is 0 Å². The minimum atomic E-state index is -0.856. The molecule has 0 bridgehead atoms. The van der Waals surface area contributed by atoms with Crippen LogP contribution < -0.4 is 0 Å². The van der Waals surface area contributed by atoms with Crippen LogP contribution >= 0.6 is 34.8 Å². The summed E-state index contributed by atoms with van der Waals surface area (Å²) in [4.78, 5) is 9.52. The fraction of sp³-hybridized carbons (Fsp3) is 0.250. The van der Waals surface area contributed by atoms with Crippen LogP contribution in [0.2, 0.25) is 0 Å². The standard InChI is InChI=1S/C3H3ClO2.CH2Cl2/c1-2-6-3(4)5;2-1-3/h2H,1H2;1H2. The zero-order chi connectivity index (χ0) is 7.70. The maximum Gasteiger partial charge on any atom is 0.408 e. The highest BCUT2D eigenvalue weighted by molar-refractivity contribution is 6.61. The van der Waals surface area contributed by atoms with Gasteiger partial charge in [-0.25, -0.2) is 4.79 Å². The van der Waals surface area contributed by atoms with Crippen LogP contribution in [-0.2, 0) is 4.74 Å². The number of hydrogen-bond donors (Lipinski definition) is 0. The van der Waals surface area contributed by atoms with Crippen LogP contribution in [0.1, 0.15) is 0 Å². The molecule has 0 aromatic heterocycles. The molecule has 0 unspecified atom stereocenters. The monoisotopic (exact) mass is 190 g/mol. The van der Waals surface area contributed by atoms with E-state index in [1.807, 2.05) is 0 Å². The van der Waals surface area contributed by atoms with Gasteiger partial charge in [0.2, 0.25) is 0 Å². The average molecular weight is 191 g/mol. The topological polar surface area (TPSA) is 26.3 Å². The first-order valence-corrected chi connectivity index (χ1v) is 3.22. The molecule has 0 fully saturated rings. The average Bonchev–Trinajstić information content (AvgIpc) is 1.67. The van der Waals surface area contributed by atoms with Gasteiger partial charge in [0.15, 0.2) is 0 Å². The van der Waals surface area contributed by atoms with E-state index >= 15 is 0 Å². The summed E-state index contributed by atoms with van der Waals surface area (Å²) in [6.45, 7) is 3.07. The van der Waals surface area contributed by atoms with Crippen molar-refractivity contribution in [1.82, 2.24) is 0 Å². The molecule has 2 nitrogen and oxygen atoms in total. The molecule has 0 aliphatic carbocycles. The van der Waals surface area contributed by atoms with E-state index in [-0.39, 0.29) is 5.34 Å². The van der Waals surface area contributed by atoms with Gasteiger partial charge in [0.05, 0.1) is 11.6 Å². The lowest BCUT2D eigenvalue weighted by atomic mass is 11.1. The molecule has 5 heteroatoms. The minimum absolute atomic E-state index is 0.194. The fourth-order valence-corrected chi connectivity index (χ4v) is 0.129. The molecule has 0 heterocycles. The second-order valence-electron chi connectivity index (χ2n) is 0.623. The van der Waals surface area contributed by atoms with Crippen LogP contribution in [0.25, 0.3) is 0 Å². The number of halogens is 3. The van der Waals surface area contributed by atoms with Gasteiger partial charge < -0.3 is 4.74 Å². The summed E-state index contributed by atoms with van der Waals surface area (Å²) in [6, 6.07) is 0. The first-order valence-electron chi connectivity index (χ1n) is 1.78. The highest BCUT2D eigenvalue weighted by atomic mass is 35.5. The zero-order valence-corrected chi connectivity index (χ0v) is 6.71. The fourth-order valence-electron chi connectivity index (χ4n) is 0.0655. The van der Waals surface area contributed by atoms with Crippen molar-refractivity contribution in [1.29, 1.82) is 0 Å². The molecule has 54 valence electrons. The van der Waals surface area contributed by atoms with Crippen molar-refractivity contribution in [2.75, 3.05) is 5.34 Å². The Hall–Kier alpha value is 0.0800. The molecule has 0 aliphatic heterocycles. The van der Waals surface area contributed by atoms with Gasteiger partial charge >= 0.3 is 5.43 Å². The maximum absolute atomic E-state index is 9.52. The Morgan fingerprint density at radius 3 is 2.00 bits per heavy atom. The van der Waals surface area contributed by atoms with Crippen molar-refractivity contribution in [3.05, 3.63) is 12.8 Å². The van der Waals surface area contributed by atoms with E-state index < -0.39 is 5.43 Å². The second-order valence-corrected chi connectivity index (χ2v) is 1.74. The van der Waals surface area contributed by atoms with Gasteiger partial charge in [0, 0.05) is 11.6 Å². The highest BCUT2D eigenvalue weighted by Gasteiger charge is 1.83. The van der Waals surface area contributed by atoms with Crippen LogP contribution in [0.4, 0.5) is 4.79 Å². The van der Waals surface area contributed by atoms with Crippen LogP contribution in [-0.4, -0.2) is 10.8 Å². The SMILES string of the molecule is C=COC(=O)Cl.ClCCl. The summed E-state index contributed by atoms with van der Waals surface area (Å²) < 4.78 is 3.93. The summed E-state index contributed by atoms with van der Waals surface area (Å²) in [5, 5.41) is 0.194. The first-order chi connectivity index (χ1) is 4.18. The molecule has 0 saturated carbocycles. The maximum atomic E-state index is 9.52. The van der Waals surface area contributed by atoms with E-state index in [0.717, 1.165) is 6.26 Å². The predicted molar refractivity (Wildman–Crippen MR) is 39.1 cm³/mol. The zero-order valence-electron chi connectivity index (χ0n) is 4.44. The Bertz CT molecular complexity index is 83.9. The lowest BCUT2D eigenvalue weighted by molar-refractivity contribution is 0.212. The van der Waals surface area contributed by atoms with Crippen LogP contribution in [0.15, 0.2) is 12.8 Å². The second kappa shape index (κ2) is 11.0. The van der Waals surface area contributed by atoms with Crippen molar-refractivity contribution in [2.45, 2.75) is 0 Å². The van der Waals surface area contributed by atoms with Crippen molar-refractivity contribution < 1.29 is 9.53 Å². The van der Waals surface area contributed by atoms with Gasteiger partial charge in [-0.2, -0.15) is 0 Å². The van der Waals surface area contributed by atoms with Gasteiger partial charge in [-0.15, -0.1) is 23.2 Å². The van der Waals surface area contributed by atoms with Crippen LogP contribution in [0.5, 0.6) is 0 Å². The van der Waals surface area contributed by atoms with Crippen molar-refractivity contribution in [3.63, 3.8) is 0 Å². The number of carbonyl (C=O) groups excluding carboxylic acids is 1. The van der Waals surface area contributed by atoms with E-state index in [1.165, 1.54) is 0 Å². The molecule has 0 aliphatic rings. The van der Waals surface area contributed by atoms with E-state index in [9.17, 15) is 4.79 Å². The van der Waals surface area contributed by atoms with Gasteiger partial charge in [-0.1, -0.05) is 6.58 Å². The Labute approximate surface area is 68.3 Å². The Kier molecular flexibility index (Phi) is 14.4. The van der Waals surface area contributed by atoms with Crippen molar-refractivity contribution in [3.8, 4) is 0 Å². The van der Waals surface area contributed by atoms with E-state index in [2.05, 4.69) is 22.9 Å². The molecule has 0 amide bonds. The van der Waals surface area contributed by atoms with E-state index in [1.54, 1.807) is 0 Å². The number of hydrogen-bond acceptors (Lipinski definition) is 2. The van der Waals surface area contributed by atoms with Crippen molar-refractivity contribution >= 4 is 40.2 Å². The normalized spacial score (nSPS) is 6.56. The molecule has 0 atom stereocenters. The number of carbonyl (C=O) groups is 1. The predicted octanol–water partition coefficient (Wildman–Crippen LogP) is 2.93. The third kappa shape index (κ3) is 31.5. The summed E-state index contributed by atoms with van der Waals surface area (Å²) >= 11 is 14.2. The Balaban J connectivity index is 0. The Morgan fingerprint density at radius 2 is 2.00 bits per heavy atom. The molecule has 9 heavy (non-hydrogen) atoms. The van der Waals surface area contributed by atoms with Gasteiger partial charge in [0.25, 0.3) is 0 Å². The molecule has 0 rings (SSSR count). The molecular weight excluding hydrogens is 186 g/mol. The third-order valence-corrected chi connectivity index (χ3v) is 0.265. The quantitative estimate of drug-likeness (QED) is 0.362. The number of ether oxygens (including phenoxy) is 1. The van der Waals surface area contributed by atoms with Gasteiger partial charge in [0.1, 0.15) is 0 Å². The molecule has 0 spiro atoms. The largest absolute Gasteiger partial charge is 0.423 e. The summed E-state index contributed by atoms with van der Waals surface area (Å²) in [6.07, 6.45) is 0.968. The summed E-state index contributed by atoms with van der Waals surface area (Å²) in [5.74, 6) is 0. The lowest BCUT2D eigenvalue weighted by Crippen LogP contribution is -1.79. The molecule has 0 aromatic rings. The molecular formula is C4H5Cl3O2. The van der Waals surface area contributed by atoms with E-state index in [4.69, 9.17) is 23.2 Å².